The Balaban J connectivity index is 1.79. The number of urea groups is 1. The molecule has 0 heterocycles. The van der Waals surface area contributed by atoms with Crippen LogP contribution in [0.4, 0.5) is 10.5 Å². The molecule has 0 fully saturated rings. The molecule has 26 heavy (non-hydrogen) atoms. The van der Waals surface area contributed by atoms with Gasteiger partial charge in [0.15, 0.2) is 6.61 Å². The van der Waals surface area contributed by atoms with Crippen molar-refractivity contribution in [2.75, 3.05) is 26.1 Å². The van der Waals surface area contributed by atoms with E-state index in [0.717, 1.165) is 5.56 Å². The third kappa shape index (κ3) is 6.16. The Bertz CT molecular complexity index is 757. The van der Waals surface area contributed by atoms with Crippen LogP contribution in [0.5, 0.6) is 11.5 Å². The molecule has 2 rings (SSSR count). The van der Waals surface area contributed by atoms with E-state index in [1.54, 1.807) is 55.6 Å². The van der Waals surface area contributed by atoms with Gasteiger partial charge in [0.05, 0.1) is 20.4 Å². The molecule has 0 saturated heterocycles. The fourth-order valence-electron chi connectivity index (χ4n) is 1.85. The van der Waals surface area contributed by atoms with E-state index in [9.17, 15) is 9.59 Å². The van der Waals surface area contributed by atoms with Crippen molar-refractivity contribution in [3.8, 4) is 11.5 Å². The molecule has 8 heteroatoms. The highest BCUT2D eigenvalue weighted by Crippen LogP contribution is 2.14. The summed E-state index contributed by atoms with van der Waals surface area (Å²) in [6.07, 6.45) is 1.48. The molecule has 0 bridgehead atoms. The van der Waals surface area contributed by atoms with Crippen LogP contribution >= 0.6 is 0 Å². The van der Waals surface area contributed by atoms with Gasteiger partial charge in [-0.2, -0.15) is 5.10 Å². The van der Waals surface area contributed by atoms with Gasteiger partial charge >= 0.3 is 12.0 Å². The summed E-state index contributed by atoms with van der Waals surface area (Å²) in [6.45, 7) is -0.156. The number of hydrogen-bond donors (Lipinski definition) is 2. The lowest BCUT2D eigenvalue weighted by atomic mass is 10.2. The first kappa shape index (κ1) is 18.8. The van der Waals surface area contributed by atoms with Gasteiger partial charge in [0.1, 0.15) is 11.5 Å². The van der Waals surface area contributed by atoms with E-state index in [1.807, 2.05) is 0 Å². The van der Waals surface area contributed by atoms with Crippen LogP contribution < -0.4 is 20.2 Å². The zero-order chi connectivity index (χ0) is 18.8. The number of hydrazone groups is 1. The first-order valence-electron chi connectivity index (χ1n) is 7.64. The van der Waals surface area contributed by atoms with Crippen LogP contribution in [0.1, 0.15) is 5.56 Å². The van der Waals surface area contributed by atoms with Crippen LogP contribution in [-0.2, 0) is 9.53 Å². The Morgan fingerprint density at radius 2 is 1.65 bits per heavy atom. The highest BCUT2D eigenvalue weighted by molar-refractivity contribution is 5.90. The van der Waals surface area contributed by atoms with Crippen molar-refractivity contribution in [2.45, 2.75) is 0 Å². The Morgan fingerprint density at radius 3 is 2.27 bits per heavy atom. The Labute approximate surface area is 150 Å². The summed E-state index contributed by atoms with van der Waals surface area (Å²) in [5.74, 6) is 0.772. The predicted octanol–water partition coefficient (Wildman–Crippen LogP) is 2.40. The molecule has 2 N–H and O–H groups in total. The van der Waals surface area contributed by atoms with E-state index in [0.29, 0.717) is 17.2 Å². The molecular formula is C18H19N3O5. The number of carbonyl (C=O) groups is 2. The molecule has 2 aromatic rings. The molecule has 0 aliphatic carbocycles. The molecule has 0 saturated carbocycles. The summed E-state index contributed by atoms with van der Waals surface area (Å²) in [7, 11) is 2.87. The van der Waals surface area contributed by atoms with Gasteiger partial charge in [0, 0.05) is 5.69 Å². The van der Waals surface area contributed by atoms with E-state index in [-0.39, 0.29) is 6.61 Å². The van der Waals surface area contributed by atoms with E-state index < -0.39 is 12.0 Å². The number of anilines is 1. The average Bonchev–Trinajstić information content (AvgIpc) is 2.67. The molecular weight excluding hydrogens is 338 g/mol. The highest BCUT2D eigenvalue weighted by Gasteiger charge is 2.02. The number of esters is 1. The molecule has 0 radical (unpaired) electrons. The average molecular weight is 357 g/mol. The number of ether oxygens (including phenoxy) is 3. The number of nitrogens with zero attached hydrogens (tertiary/aromatic N) is 1. The molecule has 8 nitrogen and oxygen atoms in total. The van der Waals surface area contributed by atoms with Crippen LogP contribution in [0.3, 0.4) is 0 Å². The first-order valence-corrected chi connectivity index (χ1v) is 7.64. The number of rotatable bonds is 7. The fourth-order valence-corrected chi connectivity index (χ4v) is 1.85. The minimum atomic E-state index is -0.468. The van der Waals surface area contributed by atoms with E-state index >= 15 is 0 Å². The molecule has 0 aliphatic heterocycles. The van der Waals surface area contributed by atoms with Crippen LogP contribution in [0.15, 0.2) is 53.6 Å². The van der Waals surface area contributed by atoms with Crippen LogP contribution in [0, 0.1) is 0 Å². The van der Waals surface area contributed by atoms with E-state index in [1.165, 1.54) is 13.3 Å². The normalized spacial score (nSPS) is 10.2. The van der Waals surface area contributed by atoms with Gasteiger partial charge in [-0.25, -0.2) is 15.0 Å². The van der Waals surface area contributed by atoms with Gasteiger partial charge < -0.3 is 19.5 Å². The number of nitrogens with one attached hydrogen (secondary N) is 2. The number of amides is 2. The van der Waals surface area contributed by atoms with Crippen LogP contribution in [0.2, 0.25) is 0 Å². The van der Waals surface area contributed by atoms with Gasteiger partial charge in [0.25, 0.3) is 0 Å². The molecule has 0 aliphatic rings. The van der Waals surface area contributed by atoms with Gasteiger partial charge in [-0.3, -0.25) is 0 Å². The van der Waals surface area contributed by atoms with Crippen LogP contribution in [0.25, 0.3) is 0 Å². The molecule has 2 aromatic carbocycles. The van der Waals surface area contributed by atoms with Crippen molar-refractivity contribution >= 4 is 23.9 Å². The largest absolute Gasteiger partial charge is 0.497 e. The maximum atomic E-state index is 11.8. The summed E-state index contributed by atoms with van der Waals surface area (Å²) < 4.78 is 14.8. The minimum Gasteiger partial charge on any atom is -0.497 e. The minimum absolute atomic E-state index is 0.156. The SMILES string of the molecule is COC(=O)COc1ccc(/C=N/NC(=O)Nc2ccc(OC)cc2)cc1. The number of carbonyl (C=O) groups excluding carboxylic acids is 2. The molecule has 0 aromatic heterocycles. The van der Waals surface area contributed by atoms with Crippen molar-refractivity contribution in [2.24, 2.45) is 5.10 Å². The van der Waals surface area contributed by atoms with Crippen molar-refractivity contribution < 1.29 is 23.8 Å². The van der Waals surface area contributed by atoms with Gasteiger partial charge in [-0.1, -0.05) is 0 Å². The van der Waals surface area contributed by atoms with E-state index in [4.69, 9.17) is 9.47 Å². The summed E-state index contributed by atoms with van der Waals surface area (Å²) in [4.78, 5) is 22.8. The summed E-state index contributed by atoms with van der Waals surface area (Å²) >= 11 is 0. The second-order valence-electron chi connectivity index (χ2n) is 4.99. The molecule has 136 valence electrons. The monoisotopic (exact) mass is 357 g/mol. The smallest absolute Gasteiger partial charge is 0.343 e. The standard InChI is InChI=1S/C18H19N3O5/c1-24-15-9-5-14(6-10-15)20-18(23)21-19-11-13-3-7-16(8-4-13)26-12-17(22)25-2/h3-11H,12H2,1-2H3,(H2,20,21,23)/b19-11+. The lowest BCUT2D eigenvalue weighted by molar-refractivity contribution is -0.142. The van der Waals surface area contributed by atoms with Gasteiger partial charge in [-0.05, 0) is 54.1 Å². The molecule has 0 spiro atoms. The lowest BCUT2D eigenvalue weighted by Crippen LogP contribution is -2.24. The predicted molar refractivity (Wildman–Crippen MR) is 96.7 cm³/mol. The van der Waals surface area contributed by atoms with Crippen molar-refractivity contribution in [1.82, 2.24) is 5.43 Å². The Kier molecular flexibility index (Phi) is 6.99. The number of benzene rings is 2. The maximum absolute atomic E-state index is 11.8. The summed E-state index contributed by atoms with van der Waals surface area (Å²) in [5.41, 5.74) is 3.73. The zero-order valence-electron chi connectivity index (χ0n) is 14.4. The quantitative estimate of drug-likeness (QED) is 0.450. The summed E-state index contributed by atoms with van der Waals surface area (Å²) in [6, 6.07) is 13.3. The second-order valence-corrected chi connectivity index (χ2v) is 4.99. The zero-order valence-corrected chi connectivity index (χ0v) is 14.4. The van der Waals surface area contributed by atoms with Crippen LogP contribution in [-0.4, -0.2) is 39.0 Å². The molecule has 0 atom stereocenters. The van der Waals surface area contributed by atoms with E-state index in [2.05, 4.69) is 20.6 Å². The maximum Gasteiger partial charge on any atom is 0.343 e. The second kappa shape index (κ2) is 9.67. The Hall–Kier alpha value is -3.55. The van der Waals surface area contributed by atoms with Gasteiger partial charge in [0.2, 0.25) is 0 Å². The fraction of sp³-hybridized carbons (Fsp3) is 0.167. The first-order chi connectivity index (χ1) is 12.6. The third-order valence-corrected chi connectivity index (χ3v) is 3.19. The number of methoxy groups -OCH3 is 2. The van der Waals surface area contributed by atoms with Crippen molar-refractivity contribution in [3.05, 3.63) is 54.1 Å². The lowest BCUT2D eigenvalue weighted by Gasteiger charge is -2.05. The van der Waals surface area contributed by atoms with Crippen molar-refractivity contribution in [3.63, 3.8) is 0 Å². The highest BCUT2D eigenvalue weighted by atomic mass is 16.6. The number of hydrogen-bond acceptors (Lipinski definition) is 6. The Morgan fingerprint density at radius 1 is 1.00 bits per heavy atom. The van der Waals surface area contributed by atoms with Crippen molar-refractivity contribution in [1.29, 1.82) is 0 Å². The van der Waals surface area contributed by atoms with Gasteiger partial charge in [-0.15, -0.1) is 0 Å². The molecule has 0 unspecified atom stereocenters. The third-order valence-electron chi connectivity index (χ3n) is 3.19. The topological polar surface area (TPSA) is 98.3 Å². The molecule has 2 amide bonds. The summed E-state index contributed by atoms with van der Waals surface area (Å²) in [5, 5.41) is 6.50.